The zero-order chi connectivity index (χ0) is 55.6. The molecule has 0 bridgehead atoms. The minimum Gasteiger partial charge on any atom is -0.309 e. The first kappa shape index (κ1) is 59.7. The highest BCUT2D eigenvalue weighted by Gasteiger charge is 2.48. The summed E-state index contributed by atoms with van der Waals surface area (Å²) >= 11 is 8.07. The Balaban J connectivity index is 1.26. The molecule has 0 saturated carbocycles. The Bertz CT molecular complexity index is 2780. The highest BCUT2D eigenvalue weighted by atomic mass is 79.9. The largest absolute Gasteiger partial charge is 0.309 e. The molecule has 422 valence electrons. The van der Waals surface area contributed by atoms with E-state index in [1.54, 1.807) is 22.3 Å². The zero-order valence-electron chi connectivity index (χ0n) is 49.5. The summed E-state index contributed by atoms with van der Waals surface area (Å²) in [6.45, 7) is 9.39. The van der Waals surface area contributed by atoms with Crippen molar-refractivity contribution in [2.75, 3.05) is 9.80 Å². The van der Waals surface area contributed by atoms with Crippen LogP contribution in [0.5, 0.6) is 0 Å². The Morgan fingerprint density at radius 3 is 0.887 bits per heavy atom. The molecule has 0 spiro atoms. The standard InChI is InChI=1S/C76H94Br2N2/c1-5-9-13-17-21-35-51-75(52-36-22-18-14-10-6-2)67-55-61(79(59-39-27-25-28-40-59)73-45-33-31-43-71(73)77)47-49-63(67)65-58-70-66(57-69(65)75)64-50-48-62(80(60-41-29-26-30-42-60)74-46-34-32-44-72(74)78)56-68(64)76(70,53-37-23-19-15-11-7-3)54-38-24-20-16-12-8-4/h25-34,39-50,55-58H,5-24,35-38,51-54H2,1-4H3. The molecule has 0 unspecified atom stereocenters. The molecule has 0 aromatic heterocycles. The van der Waals surface area contributed by atoms with E-state index in [0.29, 0.717) is 0 Å². The number of para-hydroxylation sites is 4. The molecule has 2 aliphatic carbocycles. The van der Waals surface area contributed by atoms with Crippen LogP contribution in [0.25, 0.3) is 22.3 Å². The molecule has 0 aliphatic heterocycles. The van der Waals surface area contributed by atoms with Gasteiger partial charge in [-0.2, -0.15) is 0 Å². The molecule has 0 saturated heterocycles. The summed E-state index contributed by atoms with van der Waals surface area (Å²) in [6.07, 6.45) is 36.0. The van der Waals surface area contributed by atoms with Crippen LogP contribution in [-0.2, 0) is 10.8 Å². The van der Waals surface area contributed by atoms with Crippen molar-refractivity contribution in [2.45, 2.75) is 218 Å². The lowest BCUT2D eigenvalue weighted by atomic mass is 9.68. The third kappa shape index (κ3) is 13.6. The molecule has 0 N–H and O–H groups in total. The number of rotatable bonds is 34. The molecule has 80 heavy (non-hydrogen) atoms. The molecule has 0 radical (unpaired) electrons. The van der Waals surface area contributed by atoms with Gasteiger partial charge in [0, 0.05) is 42.5 Å². The minimum absolute atomic E-state index is 0.102. The molecule has 7 aromatic carbocycles. The molecule has 0 fully saturated rings. The number of halogens is 2. The Labute approximate surface area is 501 Å². The lowest BCUT2D eigenvalue weighted by molar-refractivity contribution is 0.394. The maximum Gasteiger partial charge on any atom is 0.0603 e. The maximum absolute atomic E-state index is 4.03. The fraction of sp³-hybridized carbons (Fsp3) is 0.447. The van der Waals surface area contributed by atoms with E-state index < -0.39 is 0 Å². The first-order valence-electron chi connectivity index (χ1n) is 32.1. The number of nitrogens with zero attached hydrogens (tertiary/aromatic N) is 2. The second-order valence-corrected chi connectivity index (χ2v) is 25.6. The van der Waals surface area contributed by atoms with Crippen LogP contribution in [0.3, 0.4) is 0 Å². The number of fused-ring (bicyclic) bond motifs is 6. The SMILES string of the molecule is CCCCCCCCC1(CCCCCCCC)c2cc(N(c3ccccc3)c3ccccc3Br)ccc2-c2cc3c(cc21)-c1ccc(N(c2ccccc2)c2ccccc2Br)cc1C3(CCCCCCCC)CCCCCCCC. The van der Waals surface area contributed by atoms with Crippen LogP contribution in [-0.4, -0.2) is 0 Å². The van der Waals surface area contributed by atoms with E-state index in [1.165, 1.54) is 236 Å². The Morgan fingerprint density at radius 2 is 0.562 bits per heavy atom. The lowest BCUT2D eigenvalue weighted by Gasteiger charge is -2.35. The molecular formula is C76H94Br2N2. The lowest BCUT2D eigenvalue weighted by Crippen LogP contribution is -2.27. The van der Waals surface area contributed by atoms with Gasteiger partial charge in [0.1, 0.15) is 0 Å². The van der Waals surface area contributed by atoms with Gasteiger partial charge in [-0.25, -0.2) is 0 Å². The van der Waals surface area contributed by atoms with E-state index in [1.807, 2.05) is 0 Å². The Morgan fingerprint density at radius 1 is 0.275 bits per heavy atom. The monoisotopic (exact) mass is 1190 g/mol. The Hall–Kier alpha value is -4.90. The third-order valence-corrected chi connectivity index (χ3v) is 19.7. The second kappa shape index (κ2) is 29.9. The summed E-state index contributed by atoms with van der Waals surface area (Å²) in [5, 5.41) is 0. The van der Waals surface area contributed by atoms with Crippen LogP contribution in [0.2, 0.25) is 0 Å². The van der Waals surface area contributed by atoms with Gasteiger partial charge in [-0.1, -0.05) is 255 Å². The van der Waals surface area contributed by atoms with E-state index in [4.69, 9.17) is 0 Å². The molecule has 0 atom stereocenters. The summed E-state index contributed by atoms with van der Waals surface area (Å²) in [7, 11) is 0. The van der Waals surface area contributed by atoms with Crippen molar-refractivity contribution in [2.24, 2.45) is 0 Å². The quantitative estimate of drug-likeness (QED) is 0.0371. The second-order valence-electron chi connectivity index (χ2n) is 23.9. The number of anilines is 6. The van der Waals surface area contributed by atoms with E-state index >= 15 is 0 Å². The fourth-order valence-electron chi connectivity index (χ4n) is 14.2. The topological polar surface area (TPSA) is 6.48 Å². The van der Waals surface area contributed by atoms with Crippen molar-refractivity contribution in [1.82, 2.24) is 0 Å². The summed E-state index contributed by atoms with van der Waals surface area (Å²) in [4.78, 5) is 5.00. The van der Waals surface area contributed by atoms with Gasteiger partial charge in [0.25, 0.3) is 0 Å². The van der Waals surface area contributed by atoms with E-state index in [2.05, 4.69) is 227 Å². The molecule has 4 heteroatoms. The van der Waals surface area contributed by atoms with Crippen molar-refractivity contribution < 1.29 is 0 Å². The summed E-state index contributed by atoms with van der Waals surface area (Å²) in [5.41, 5.74) is 19.3. The number of benzene rings is 7. The van der Waals surface area contributed by atoms with Gasteiger partial charge in [-0.3, -0.25) is 0 Å². The molecule has 2 nitrogen and oxygen atoms in total. The molecule has 0 amide bonds. The number of unbranched alkanes of at least 4 members (excludes halogenated alkanes) is 20. The van der Waals surface area contributed by atoms with Crippen molar-refractivity contribution in [3.05, 3.63) is 189 Å². The molecular weight excluding hydrogens is 1100 g/mol. The van der Waals surface area contributed by atoms with Gasteiger partial charge >= 0.3 is 0 Å². The van der Waals surface area contributed by atoms with Crippen molar-refractivity contribution in [3.63, 3.8) is 0 Å². The fourth-order valence-corrected chi connectivity index (χ4v) is 15.1. The van der Waals surface area contributed by atoms with Gasteiger partial charge in [-0.05, 0) is 187 Å². The highest BCUT2D eigenvalue weighted by Crippen LogP contribution is 2.62. The highest BCUT2D eigenvalue weighted by molar-refractivity contribution is 9.11. The zero-order valence-corrected chi connectivity index (χ0v) is 52.6. The predicted octanol–water partition coefficient (Wildman–Crippen LogP) is 25.7. The van der Waals surface area contributed by atoms with Crippen LogP contribution in [0.1, 0.15) is 230 Å². The summed E-state index contributed by atoms with van der Waals surface area (Å²) in [5.74, 6) is 0. The minimum atomic E-state index is -0.102. The van der Waals surface area contributed by atoms with Gasteiger partial charge in [0.05, 0.1) is 11.4 Å². The molecule has 0 heterocycles. The van der Waals surface area contributed by atoms with Crippen LogP contribution >= 0.6 is 31.9 Å². The first-order chi connectivity index (χ1) is 39.4. The molecule has 7 aromatic rings. The number of hydrogen-bond acceptors (Lipinski definition) is 2. The van der Waals surface area contributed by atoms with Crippen LogP contribution in [0.15, 0.2) is 167 Å². The third-order valence-electron chi connectivity index (χ3n) is 18.4. The number of hydrogen-bond donors (Lipinski definition) is 0. The van der Waals surface area contributed by atoms with Gasteiger partial charge in [0.15, 0.2) is 0 Å². The van der Waals surface area contributed by atoms with E-state index in [0.717, 1.165) is 8.95 Å². The normalized spacial score (nSPS) is 13.5. The van der Waals surface area contributed by atoms with Crippen molar-refractivity contribution in [3.8, 4) is 22.3 Å². The first-order valence-corrected chi connectivity index (χ1v) is 33.7. The van der Waals surface area contributed by atoms with E-state index in [9.17, 15) is 0 Å². The average Bonchev–Trinajstić information content (AvgIpc) is 4.11. The van der Waals surface area contributed by atoms with Crippen LogP contribution in [0.4, 0.5) is 34.1 Å². The molecule has 2 aliphatic rings. The maximum atomic E-state index is 4.03. The average molecular weight is 1200 g/mol. The Kier molecular flexibility index (Phi) is 22.3. The van der Waals surface area contributed by atoms with Crippen molar-refractivity contribution >= 4 is 66.0 Å². The smallest absolute Gasteiger partial charge is 0.0603 e. The van der Waals surface area contributed by atoms with Gasteiger partial charge < -0.3 is 9.80 Å². The van der Waals surface area contributed by atoms with Crippen LogP contribution in [0, 0.1) is 0 Å². The molecule has 9 rings (SSSR count). The predicted molar refractivity (Wildman–Crippen MR) is 356 cm³/mol. The van der Waals surface area contributed by atoms with E-state index in [-0.39, 0.29) is 10.8 Å². The summed E-state index contributed by atoms with van der Waals surface area (Å²) in [6, 6.07) is 60.8. The van der Waals surface area contributed by atoms with Gasteiger partial charge in [0.2, 0.25) is 0 Å². The van der Waals surface area contributed by atoms with Crippen molar-refractivity contribution in [1.29, 1.82) is 0 Å². The summed E-state index contributed by atoms with van der Waals surface area (Å²) < 4.78 is 2.21. The van der Waals surface area contributed by atoms with Crippen LogP contribution < -0.4 is 9.80 Å². The van der Waals surface area contributed by atoms with Gasteiger partial charge in [-0.15, -0.1) is 0 Å².